The fourth-order valence-electron chi connectivity index (χ4n) is 1.48. The Hall–Kier alpha value is -0.730. The maximum Gasteiger partial charge on any atom is 0.0160 e. The van der Waals surface area contributed by atoms with E-state index < -0.39 is 0 Å². The van der Waals surface area contributed by atoms with Crippen molar-refractivity contribution in [2.45, 2.75) is 47.5 Å². The van der Waals surface area contributed by atoms with Gasteiger partial charge in [0.25, 0.3) is 0 Å². The lowest BCUT2D eigenvalue weighted by Gasteiger charge is -2.19. The molecule has 1 aliphatic carbocycles. The predicted molar refractivity (Wildman–Crippen MR) is 115 cm³/mol. The van der Waals surface area contributed by atoms with Crippen molar-refractivity contribution in [3.05, 3.63) is 48.6 Å². The van der Waals surface area contributed by atoms with Crippen LogP contribution < -0.4 is 0 Å². The van der Waals surface area contributed by atoms with Gasteiger partial charge >= 0.3 is 0 Å². The average Bonchev–Trinajstić information content (AvgIpc) is 2.70. The summed E-state index contributed by atoms with van der Waals surface area (Å²) in [6.45, 7) is 11.6. The largest absolute Gasteiger partial charge is 0.306 e. The van der Waals surface area contributed by atoms with Gasteiger partial charge in [0, 0.05) is 6.54 Å². The Kier molecular flexibility index (Phi) is 25.1. The molecule has 0 aromatic carbocycles. The van der Waals surface area contributed by atoms with Crippen molar-refractivity contribution in [1.82, 2.24) is 4.90 Å². The summed E-state index contributed by atoms with van der Waals surface area (Å²) in [5.41, 5.74) is 0.490. The number of hydrogen-bond acceptors (Lipinski definition) is 2. The second kappa shape index (κ2) is 21.3. The number of likely N-dealkylation sites (N-methyl/N-ethyl adjacent to an activating group) is 1. The van der Waals surface area contributed by atoms with Crippen LogP contribution in [0.2, 0.25) is 0 Å². The number of hydrogen-bond donors (Lipinski definition) is 0. The predicted octanol–water partition coefficient (Wildman–Crippen LogP) is 6.60. The lowest BCUT2D eigenvalue weighted by atomic mass is 9.86. The van der Waals surface area contributed by atoms with E-state index in [-0.39, 0.29) is 0 Å². The molecule has 0 radical (unpaired) electrons. The molecule has 1 nitrogen and oxygen atoms in total. The molecule has 0 aromatic heterocycles. The summed E-state index contributed by atoms with van der Waals surface area (Å²) in [7, 11) is 4.11. The molecular formula is C21H41NS. The Balaban J connectivity index is -0.000000272. The Bertz CT molecular complexity index is 304. The molecule has 0 N–H and O–H groups in total. The minimum atomic E-state index is 0.490. The van der Waals surface area contributed by atoms with Gasteiger partial charge in [-0.05, 0) is 51.8 Å². The fraction of sp³-hybridized carbons (Fsp3) is 0.619. The molecule has 0 saturated heterocycles. The van der Waals surface area contributed by atoms with Crippen molar-refractivity contribution in [2.75, 3.05) is 33.2 Å². The maximum absolute atomic E-state index is 2.30. The SMILES string of the molecule is C/C=C\C=C/CN(C)C.CC.CC1(C)CC=CC=CC1.CSC. The van der Waals surface area contributed by atoms with Gasteiger partial charge in [-0.25, -0.2) is 0 Å². The molecule has 23 heavy (non-hydrogen) atoms. The van der Waals surface area contributed by atoms with Crippen LogP contribution >= 0.6 is 11.8 Å². The van der Waals surface area contributed by atoms with E-state index >= 15 is 0 Å². The van der Waals surface area contributed by atoms with Crippen LogP contribution in [0.5, 0.6) is 0 Å². The molecule has 2 heteroatoms. The van der Waals surface area contributed by atoms with Gasteiger partial charge in [0.05, 0.1) is 0 Å². The molecular weight excluding hydrogens is 298 g/mol. The van der Waals surface area contributed by atoms with Crippen molar-refractivity contribution >= 4 is 11.8 Å². The van der Waals surface area contributed by atoms with Gasteiger partial charge in [-0.3, -0.25) is 0 Å². The Labute approximate surface area is 151 Å². The highest BCUT2D eigenvalue weighted by Crippen LogP contribution is 2.27. The van der Waals surface area contributed by atoms with Crippen LogP contribution in [0, 0.1) is 5.41 Å². The lowest BCUT2D eigenvalue weighted by molar-refractivity contribution is 0.379. The zero-order chi connectivity index (χ0) is 18.6. The summed E-state index contributed by atoms with van der Waals surface area (Å²) in [6, 6.07) is 0. The second-order valence-electron chi connectivity index (χ2n) is 6.05. The van der Waals surface area contributed by atoms with Crippen molar-refractivity contribution in [3.8, 4) is 0 Å². The monoisotopic (exact) mass is 339 g/mol. The number of nitrogens with zero attached hydrogens (tertiary/aromatic N) is 1. The van der Waals surface area contributed by atoms with Crippen LogP contribution in [0.1, 0.15) is 47.5 Å². The molecule has 0 heterocycles. The zero-order valence-electron chi connectivity index (χ0n) is 17.1. The minimum Gasteiger partial charge on any atom is -0.306 e. The molecule has 0 atom stereocenters. The highest BCUT2D eigenvalue weighted by Gasteiger charge is 2.14. The number of allylic oxidation sites excluding steroid dienone is 7. The first-order chi connectivity index (χ1) is 10.9. The van der Waals surface area contributed by atoms with Crippen LogP contribution in [0.3, 0.4) is 0 Å². The number of rotatable bonds is 3. The van der Waals surface area contributed by atoms with Crippen LogP contribution in [0.15, 0.2) is 48.6 Å². The van der Waals surface area contributed by atoms with Gasteiger partial charge < -0.3 is 4.90 Å². The molecule has 1 aliphatic rings. The van der Waals surface area contributed by atoms with Crippen LogP contribution in [0.25, 0.3) is 0 Å². The van der Waals surface area contributed by atoms with Crippen molar-refractivity contribution in [1.29, 1.82) is 0 Å². The highest BCUT2D eigenvalue weighted by molar-refractivity contribution is 7.97. The lowest BCUT2D eigenvalue weighted by Crippen LogP contribution is -2.10. The molecule has 1 rings (SSSR count). The third kappa shape index (κ3) is 29.8. The molecule has 0 aliphatic heterocycles. The first-order valence-electron chi connectivity index (χ1n) is 8.54. The second-order valence-corrected chi connectivity index (χ2v) is 6.87. The normalized spacial score (nSPS) is 15.2. The molecule has 0 spiro atoms. The van der Waals surface area contributed by atoms with Gasteiger partial charge in [-0.1, -0.05) is 76.3 Å². The fourth-order valence-corrected chi connectivity index (χ4v) is 1.48. The molecule has 0 amide bonds. The van der Waals surface area contributed by atoms with E-state index in [0.717, 1.165) is 6.54 Å². The summed E-state index contributed by atoms with van der Waals surface area (Å²) in [5, 5.41) is 0. The first-order valence-corrected chi connectivity index (χ1v) is 10.2. The van der Waals surface area contributed by atoms with E-state index in [9.17, 15) is 0 Å². The Morgan fingerprint density at radius 1 is 1.00 bits per heavy atom. The van der Waals surface area contributed by atoms with Crippen LogP contribution in [0.4, 0.5) is 0 Å². The van der Waals surface area contributed by atoms with E-state index in [4.69, 9.17) is 0 Å². The first kappa shape index (κ1) is 27.1. The Morgan fingerprint density at radius 2 is 1.43 bits per heavy atom. The van der Waals surface area contributed by atoms with Gasteiger partial charge in [0.2, 0.25) is 0 Å². The van der Waals surface area contributed by atoms with Crippen molar-refractivity contribution < 1.29 is 0 Å². The third-order valence-electron chi connectivity index (χ3n) is 2.63. The summed E-state index contributed by atoms with van der Waals surface area (Å²) >= 11 is 1.75. The summed E-state index contributed by atoms with van der Waals surface area (Å²) in [6.07, 6.45) is 23.5. The molecule has 0 fully saturated rings. The average molecular weight is 340 g/mol. The standard InChI is InChI=1S/C9H14.C8H15N.C2H6S.C2H6/c1-9(2)7-5-3-4-6-8-9;1-4-5-6-7-8-9(2)3;1-3-2;1-2/h3-6H,7-8H2,1-2H3;4-7H,8H2,1-3H3;1-2H3;1-2H3/b;5-4-,7-6-;;. The molecule has 0 saturated carbocycles. The van der Waals surface area contributed by atoms with Gasteiger partial charge in [0.1, 0.15) is 0 Å². The van der Waals surface area contributed by atoms with Crippen molar-refractivity contribution in [3.63, 3.8) is 0 Å². The van der Waals surface area contributed by atoms with E-state index in [2.05, 4.69) is 69.3 Å². The third-order valence-corrected chi connectivity index (χ3v) is 2.63. The van der Waals surface area contributed by atoms with E-state index in [1.807, 2.05) is 45.4 Å². The summed E-state index contributed by atoms with van der Waals surface area (Å²) in [4.78, 5) is 2.12. The van der Waals surface area contributed by atoms with Crippen molar-refractivity contribution in [2.24, 2.45) is 5.41 Å². The van der Waals surface area contributed by atoms with Crippen LogP contribution in [-0.4, -0.2) is 38.1 Å². The van der Waals surface area contributed by atoms with Gasteiger partial charge in [0.15, 0.2) is 0 Å². The maximum atomic E-state index is 2.30. The molecule has 0 unspecified atom stereocenters. The van der Waals surface area contributed by atoms with E-state index in [1.165, 1.54) is 12.8 Å². The number of thioether (sulfide) groups is 1. The Morgan fingerprint density at radius 3 is 1.78 bits per heavy atom. The van der Waals surface area contributed by atoms with E-state index in [0.29, 0.717) is 5.41 Å². The summed E-state index contributed by atoms with van der Waals surface area (Å²) < 4.78 is 0. The topological polar surface area (TPSA) is 3.24 Å². The zero-order valence-corrected chi connectivity index (χ0v) is 17.9. The minimum absolute atomic E-state index is 0.490. The highest BCUT2D eigenvalue weighted by atomic mass is 32.2. The smallest absolute Gasteiger partial charge is 0.0160 e. The summed E-state index contributed by atoms with van der Waals surface area (Å²) in [5.74, 6) is 0. The molecule has 136 valence electrons. The van der Waals surface area contributed by atoms with Gasteiger partial charge in [-0.2, -0.15) is 11.8 Å². The van der Waals surface area contributed by atoms with Crippen LogP contribution in [-0.2, 0) is 0 Å². The molecule has 0 bridgehead atoms. The van der Waals surface area contributed by atoms with E-state index in [1.54, 1.807) is 11.8 Å². The quantitative estimate of drug-likeness (QED) is 0.533. The van der Waals surface area contributed by atoms with Gasteiger partial charge in [-0.15, -0.1) is 0 Å². The molecule has 0 aromatic rings.